The number of fused-ring (bicyclic) bond motifs is 3. The van der Waals surface area contributed by atoms with Crippen LogP contribution in [0.25, 0.3) is 0 Å². The Bertz CT molecular complexity index is 967. The molecule has 39 heavy (non-hydrogen) atoms. The van der Waals surface area contributed by atoms with Crippen molar-refractivity contribution < 1.29 is 52.3 Å². The fourth-order valence-corrected chi connectivity index (χ4v) is 6.61. The van der Waals surface area contributed by atoms with E-state index in [9.17, 15) is 14.4 Å². The first-order valence-electron chi connectivity index (χ1n) is 14.3. The second-order valence-electron chi connectivity index (χ2n) is 11.0. The summed E-state index contributed by atoms with van der Waals surface area (Å²) in [7, 11) is 0. The van der Waals surface area contributed by atoms with Crippen LogP contribution in [0.3, 0.4) is 0 Å². The first-order chi connectivity index (χ1) is 18.7. The van der Waals surface area contributed by atoms with Crippen LogP contribution in [0.4, 0.5) is 0 Å². The molecule has 3 aliphatic heterocycles. The van der Waals surface area contributed by atoms with Crippen LogP contribution < -0.4 is 0 Å². The molecule has 0 radical (unpaired) electrons. The summed E-state index contributed by atoms with van der Waals surface area (Å²) in [6.45, 7) is 9.11. The van der Waals surface area contributed by atoms with Gasteiger partial charge in [0.1, 0.15) is 42.9 Å². The van der Waals surface area contributed by atoms with Gasteiger partial charge >= 0.3 is 17.9 Å². The molecule has 5 fully saturated rings. The number of ether oxygens (including phenoxy) is 8. The Kier molecular flexibility index (Phi) is 8.36. The quantitative estimate of drug-likeness (QED) is 0.263. The number of carbonyl (C=O) groups excluding carboxylic acids is 3. The molecule has 0 aromatic carbocycles. The Morgan fingerprint density at radius 1 is 0.769 bits per heavy atom. The zero-order valence-corrected chi connectivity index (χ0v) is 23.0. The van der Waals surface area contributed by atoms with E-state index in [1.165, 1.54) is 0 Å². The van der Waals surface area contributed by atoms with Gasteiger partial charge in [0.25, 0.3) is 0 Å². The fourth-order valence-electron chi connectivity index (χ4n) is 6.61. The minimum atomic E-state index is -1.22. The van der Waals surface area contributed by atoms with Crippen LogP contribution in [0.15, 0.2) is 12.2 Å². The van der Waals surface area contributed by atoms with Gasteiger partial charge in [-0.25, -0.2) is 4.79 Å². The highest BCUT2D eigenvalue weighted by molar-refractivity contribution is 5.86. The van der Waals surface area contributed by atoms with E-state index in [2.05, 4.69) is 6.58 Å². The van der Waals surface area contributed by atoms with Gasteiger partial charge in [-0.05, 0) is 46.5 Å². The number of hydrogen-bond acceptors (Lipinski definition) is 11. The molecule has 0 aromatic heterocycles. The molecular formula is C28H40O11. The number of hydrogen-bond donors (Lipinski definition) is 0. The monoisotopic (exact) mass is 552 g/mol. The lowest BCUT2D eigenvalue weighted by Crippen LogP contribution is -2.56. The lowest BCUT2D eigenvalue weighted by atomic mass is 9.83. The van der Waals surface area contributed by atoms with Crippen molar-refractivity contribution in [2.24, 2.45) is 11.8 Å². The van der Waals surface area contributed by atoms with E-state index in [0.717, 1.165) is 25.7 Å². The fraction of sp³-hybridized carbons (Fsp3) is 0.821. The van der Waals surface area contributed by atoms with Gasteiger partial charge in [0.05, 0.1) is 13.2 Å². The predicted octanol–water partition coefficient (Wildman–Crippen LogP) is 2.93. The standard InChI is InChI=1S/C28H40O11/c1-5-32-24(30)17-11-7-9-13-27(17)36-20-19(15-34-23(29)16(3)4)35-26-22(21(20)37-27)38-28(39-26)14-10-8-12-18(28)25(31)33-6-2/h17-22,26H,3,5-15H2,1-2,4H3/t17?,18?,19-,20-,21+,22-,26+,27?,28?/m1/s1. The van der Waals surface area contributed by atoms with Gasteiger partial charge < -0.3 is 37.9 Å². The highest BCUT2D eigenvalue weighted by atomic mass is 16.9. The Morgan fingerprint density at radius 2 is 1.31 bits per heavy atom. The third-order valence-electron chi connectivity index (χ3n) is 8.38. The topological polar surface area (TPSA) is 125 Å². The van der Waals surface area contributed by atoms with E-state index in [1.807, 2.05) is 0 Å². The van der Waals surface area contributed by atoms with Crippen LogP contribution in [-0.4, -0.2) is 80.0 Å². The molecule has 3 saturated heterocycles. The van der Waals surface area contributed by atoms with Crippen LogP contribution in [0.5, 0.6) is 0 Å². The van der Waals surface area contributed by atoms with Gasteiger partial charge in [-0.15, -0.1) is 0 Å². The van der Waals surface area contributed by atoms with Crippen LogP contribution in [0.1, 0.15) is 72.1 Å². The van der Waals surface area contributed by atoms with Crippen molar-refractivity contribution in [1.29, 1.82) is 0 Å². The molecule has 0 bridgehead atoms. The van der Waals surface area contributed by atoms with E-state index < -0.39 is 60.1 Å². The average molecular weight is 553 g/mol. The first kappa shape index (κ1) is 28.5. The zero-order chi connectivity index (χ0) is 27.8. The smallest absolute Gasteiger partial charge is 0.333 e. The molecule has 5 aliphatic rings. The second-order valence-corrected chi connectivity index (χ2v) is 11.0. The molecule has 11 nitrogen and oxygen atoms in total. The minimum absolute atomic E-state index is 0.128. The lowest BCUT2D eigenvalue weighted by Gasteiger charge is -2.39. The van der Waals surface area contributed by atoms with E-state index >= 15 is 0 Å². The summed E-state index contributed by atoms with van der Waals surface area (Å²) in [5.74, 6) is -4.96. The van der Waals surface area contributed by atoms with Crippen LogP contribution in [0, 0.1) is 11.8 Å². The van der Waals surface area contributed by atoms with Crippen LogP contribution in [-0.2, 0) is 52.3 Å². The summed E-state index contributed by atoms with van der Waals surface area (Å²) in [5.41, 5.74) is 0.258. The molecule has 2 aliphatic carbocycles. The molecule has 218 valence electrons. The zero-order valence-electron chi connectivity index (χ0n) is 23.0. The summed E-state index contributed by atoms with van der Waals surface area (Å²) in [5, 5.41) is 0. The molecule has 3 heterocycles. The third kappa shape index (κ3) is 5.24. The summed E-state index contributed by atoms with van der Waals surface area (Å²) < 4.78 is 48.8. The SMILES string of the molecule is C=C(C)C(=O)OC[C@H]1O[C@H]2OC3(CCCCC3C(=O)OCC)O[C@@H]2[C@H]2OC3(CCCCC3C(=O)OCC)O[C@@H]21. The molecule has 9 atom stereocenters. The maximum Gasteiger partial charge on any atom is 0.333 e. The highest BCUT2D eigenvalue weighted by Gasteiger charge is 2.68. The maximum atomic E-state index is 13.0. The van der Waals surface area contributed by atoms with E-state index in [-0.39, 0.29) is 37.3 Å². The second kappa shape index (κ2) is 11.4. The average Bonchev–Trinajstić information content (AvgIpc) is 3.46. The van der Waals surface area contributed by atoms with Gasteiger partial charge in [0, 0.05) is 18.4 Å². The molecule has 11 heteroatoms. The van der Waals surface area contributed by atoms with Crippen molar-refractivity contribution in [2.75, 3.05) is 19.8 Å². The molecule has 4 unspecified atom stereocenters. The normalized spacial score (nSPS) is 41.1. The van der Waals surface area contributed by atoms with Crippen LogP contribution in [0.2, 0.25) is 0 Å². The molecule has 0 N–H and O–H groups in total. The molecule has 0 aromatic rings. The van der Waals surface area contributed by atoms with Gasteiger partial charge in [-0.2, -0.15) is 0 Å². The molecule has 2 saturated carbocycles. The Balaban J connectivity index is 1.44. The van der Waals surface area contributed by atoms with Crippen molar-refractivity contribution in [3.05, 3.63) is 12.2 Å². The predicted molar refractivity (Wildman–Crippen MR) is 133 cm³/mol. The first-order valence-corrected chi connectivity index (χ1v) is 14.3. The van der Waals surface area contributed by atoms with E-state index in [0.29, 0.717) is 25.7 Å². The van der Waals surface area contributed by atoms with Gasteiger partial charge in [0.2, 0.25) is 0 Å². The number of carbonyl (C=O) groups is 3. The molecule has 5 rings (SSSR count). The largest absolute Gasteiger partial charge is 0.466 e. The van der Waals surface area contributed by atoms with Gasteiger partial charge in [-0.1, -0.05) is 19.4 Å². The van der Waals surface area contributed by atoms with Crippen molar-refractivity contribution in [1.82, 2.24) is 0 Å². The summed E-state index contributed by atoms with van der Waals surface area (Å²) >= 11 is 0. The summed E-state index contributed by atoms with van der Waals surface area (Å²) in [4.78, 5) is 38.1. The molecule has 0 amide bonds. The van der Waals surface area contributed by atoms with E-state index in [1.54, 1.807) is 20.8 Å². The summed E-state index contributed by atoms with van der Waals surface area (Å²) in [6.07, 6.45) is 1.69. The van der Waals surface area contributed by atoms with Gasteiger partial charge in [0.15, 0.2) is 17.9 Å². The highest BCUT2D eigenvalue weighted by Crippen LogP contribution is 2.53. The van der Waals surface area contributed by atoms with Gasteiger partial charge in [-0.3, -0.25) is 9.59 Å². The molecular weight excluding hydrogens is 512 g/mol. The number of rotatable bonds is 7. The lowest BCUT2D eigenvalue weighted by molar-refractivity contribution is -0.273. The number of esters is 3. The molecule has 2 spiro atoms. The summed E-state index contributed by atoms with van der Waals surface area (Å²) in [6, 6.07) is 0. The third-order valence-corrected chi connectivity index (χ3v) is 8.38. The van der Waals surface area contributed by atoms with E-state index in [4.69, 9.17) is 37.9 Å². The van der Waals surface area contributed by atoms with Crippen LogP contribution >= 0.6 is 0 Å². The minimum Gasteiger partial charge on any atom is -0.466 e. The Hall–Kier alpha value is -2.05. The van der Waals surface area contributed by atoms with Crippen molar-refractivity contribution in [3.8, 4) is 0 Å². The van der Waals surface area contributed by atoms with Crippen molar-refractivity contribution >= 4 is 17.9 Å². The Morgan fingerprint density at radius 3 is 1.87 bits per heavy atom. The Labute approximate surface area is 228 Å². The van der Waals surface area contributed by atoms with Crippen molar-refractivity contribution in [2.45, 2.75) is 114 Å². The maximum absolute atomic E-state index is 13.0. The van der Waals surface area contributed by atoms with Crippen molar-refractivity contribution in [3.63, 3.8) is 0 Å².